The third-order valence-corrected chi connectivity index (χ3v) is 3.06. The van der Waals surface area contributed by atoms with Crippen LogP contribution in [0.4, 0.5) is 0 Å². The molecule has 0 aliphatic carbocycles. The Hall–Kier alpha value is -1.94. The number of ether oxygens (including phenoxy) is 1. The Kier molecular flexibility index (Phi) is 4.47. The SMILES string of the molecule is CC(=O)c1ccc(/C=C/C(=O)N2CCOCC2)cc1. The van der Waals surface area contributed by atoms with Crippen molar-refractivity contribution in [1.82, 2.24) is 4.90 Å². The molecule has 0 atom stereocenters. The quantitative estimate of drug-likeness (QED) is 0.614. The molecule has 2 rings (SSSR count). The fourth-order valence-electron chi connectivity index (χ4n) is 1.89. The summed E-state index contributed by atoms with van der Waals surface area (Å²) in [6.07, 6.45) is 3.33. The number of morpholine rings is 1. The average Bonchev–Trinajstić information content (AvgIpc) is 2.46. The highest BCUT2D eigenvalue weighted by atomic mass is 16.5. The number of rotatable bonds is 3. The minimum Gasteiger partial charge on any atom is -0.378 e. The van der Waals surface area contributed by atoms with E-state index >= 15 is 0 Å². The maximum absolute atomic E-state index is 11.9. The molecule has 1 saturated heterocycles. The smallest absolute Gasteiger partial charge is 0.246 e. The van der Waals surface area contributed by atoms with Gasteiger partial charge < -0.3 is 9.64 Å². The summed E-state index contributed by atoms with van der Waals surface area (Å²) in [5.74, 6) is 0.0406. The van der Waals surface area contributed by atoms with Crippen molar-refractivity contribution in [2.24, 2.45) is 0 Å². The van der Waals surface area contributed by atoms with Crippen LogP contribution in [0.15, 0.2) is 30.3 Å². The van der Waals surface area contributed by atoms with Crippen molar-refractivity contribution in [3.05, 3.63) is 41.5 Å². The lowest BCUT2D eigenvalue weighted by atomic mass is 10.1. The van der Waals surface area contributed by atoms with Gasteiger partial charge in [0.05, 0.1) is 13.2 Å². The number of hydrogen-bond acceptors (Lipinski definition) is 3. The molecule has 4 heteroatoms. The van der Waals surface area contributed by atoms with E-state index in [-0.39, 0.29) is 11.7 Å². The van der Waals surface area contributed by atoms with Gasteiger partial charge in [-0.05, 0) is 18.6 Å². The summed E-state index contributed by atoms with van der Waals surface area (Å²) >= 11 is 0. The van der Waals surface area contributed by atoms with Crippen LogP contribution in [0.2, 0.25) is 0 Å². The van der Waals surface area contributed by atoms with Crippen LogP contribution in [0.3, 0.4) is 0 Å². The largest absolute Gasteiger partial charge is 0.378 e. The van der Waals surface area contributed by atoms with E-state index < -0.39 is 0 Å². The molecule has 0 N–H and O–H groups in total. The molecule has 0 radical (unpaired) electrons. The first-order valence-corrected chi connectivity index (χ1v) is 6.32. The van der Waals surface area contributed by atoms with Crippen molar-refractivity contribution in [1.29, 1.82) is 0 Å². The Labute approximate surface area is 112 Å². The van der Waals surface area contributed by atoms with Gasteiger partial charge in [0.2, 0.25) is 5.91 Å². The van der Waals surface area contributed by atoms with Crippen LogP contribution in [0.5, 0.6) is 0 Å². The van der Waals surface area contributed by atoms with E-state index in [1.807, 2.05) is 12.1 Å². The van der Waals surface area contributed by atoms with E-state index in [9.17, 15) is 9.59 Å². The predicted octanol–water partition coefficient (Wildman–Crippen LogP) is 1.76. The number of amides is 1. The van der Waals surface area contributed by atoms with Crippen molar-refractivity contribution >= 4 is 17.8 Å². The van der Waals surface area contributed by atoms with E-state index in [1.165, 1.54) is 6.92 Å². The van der Waals surface area contributed by atoms with Gasteiger partial charge in [0, 0.05) is 24.7 Å². The standard InChI is InChI=1S/C15H17NO3/c1-12(17)14-5-2-13(3-6-14)4-7-15(18)16-8-10-19-11-9-16/h2-7H,8-11H2,1H3/b7-4+. The number of benzene rings is 1. The highest BCUT2D eigenvalue weighted by molar-refractivity contribution is 5.94. The van der Waals surface area contributed by atoms with Crippen LogP contribution in [0.1, 0.15) is 22.8 Å². The fraction of sp³-hybridized carbons (Fsp3) is 0.333. The zero-order valence-corrected chi connectivity index (χ0v) is 11.0. The highest BCUT2D eigenvalue weighted by Gasteiger charge is 2.13. The molecule has 19 heavy (non-hydrogen) atoms. The van der Waals surface area contributed by atoms with Crippen LogP contribution in [0, 0.1) is 0 Å². The first-order valence-electron chi connectivity index (χ1n) is 6.32. The molecule has 1 amide bonds. The Morgan fingerprint density at radius 1 is 1.16 bits per heavy atom. The second-order valence-corrected chi connectivity index (χ2v) is 4.45. The summed E-state index contributed by atoms with van der Waals surface area (Å²) in [5.41, 5.74) is 1.59. The maximum Gasteiger partial charge on any atom is 0.246 e. The molecule has 1 aromatic rings. The van der Waals surface area contributed by atoms with Crippen LogP contribution < -0.4 is 0 Å². The zero-order valence-electron chi connectivity index (χ0n) is 11.0. The van der Waals surface area contributed by atoms with Gasteiger partial charge in [-0.25, -0.2) is 0 Å². The third kappa shape index (κ3) is 3.76. The first-order chi connectivity index (χ1) is 9.16. The lowest BCUT2D eigenvalue weighted by Crippen LogP contribution is -2.39. The van der Waals surface area contributed by atoms with Gasteiger partial charge in [-0.3, -0.25) is 9.59 Å². The van der Waals surface area contributed by atoms with Gasteiger partial charge in [0.25, 0.3) is 0 Å². The van der Waals surface area contributed by atoms with Crippen LogP contribution in [0.25, 0.3) is 6.08 Å². The number of carbonyl (C=O) groups excluding carboxylic acids is 2. The van der Waals surface area contributed by atoms with Crippen molar-refractivity contribution in [2.45, 2.75) is 6.92 Å². The third-order valence-electron chi connectivity index (χ3n) is 3.06. The van der Waals surface area contributed by atoms with Gasteiger partial charge >= 0.3 is 0 Å². The summed E-state index contributed by atoms with van der Waals surface area (Å²) in [6, 6.07) is 7.20. The zero-order chi connectivity index (χ0) is 13.7. The minimum absolute atomic E-state index is 0.000977. The van der Waals surface area contributed by atoms with Gasteiger partial charge in [-0.2, -0.15) is 0 Å². The lowest BCUT2D eigenvalue weighted by molar-refractivity contribution is -0.129. The van der Waals surface area contributed by atoms with Crippen LogP contribution in [-0.4, -0.2) is 42.9 Å². The minimum atomic E-state index is -0.000977. The molecule has 0 saturated carbocycles. The monoisotopic (exact) mass is 259 g/mol. The van der Waals surface area contributed by atoms with Crippen molar-refractivity contribution < 1.29 is 14.3 Å². The molecule has 4 nitrogen and oxygen atoms in total. The van der Waals surface area contributed by atoms with Gasteiger partial charge in [0.1, 0.15) is 0 Å². The van der Waals surface area contributed by atoms with Gasteiger partial charge in [0.15, 0.2) is 5.78 Å². The molecule has 0 spiro atoms. The number of Topliss-reactive ketones (excluding diaryl/α,β-unsaturated/α-hetero) is 1. The Bertz CT molecular complexity index is 485. The van der Waals surface area contributed by atoms with Crippen molar-refractivity contribution in [3.8, 4) is 0 Å². The lowest BCUT2D eigenvalue weighted by Gasteiger charge is -2.25. The number of hydrogen-bond donors (Lipinski definition) is 0. The Morgan fingerprint density at radius 2 is 1.79 bits per heavy atom. The van der Waals surface area contributed by atoms with Crippen LogP contribution >= 0.6 is 0 Å². The van der Waals surface area contributed by atoms with Gasteiger partial charge in [-0.1, -0.05) is 24.3 Å². The molecular formula is C15H17NO3. The van der Waals surface area contributed by atoms with E-state index in [4.69, 9.17) is 4.74 Å². The number of nitrogens with zero attached hydrogens (tertiary/aromatic N) is 1. The summed E-state index contributed by atoms with van der Waals surface area (Å²) in [4.78, 5) is 24.8. The summed E-state index contributed by atoms with van der Waals surface area (Å²) in [6.45, 7) is 4.03. The average molecular weight is 259 g/mol. The first kappa shape index (κ1) is 13.5. The molecule has 1 heterocycles. The molecule has 1 fully saturated rings. The van der Waals surface area contributed by atoms with E-state index in [0.717, 1.165) is 5.56 Å². The molecule has 1 aliphatic rings. The summed E-state index contributed by atoms with van der Waals surface area (Å²) < 4.78 is 5.20. The fourth-order valence-corrected chi connectivity index (χ4v) is 1.89. The maximum atomic E-state index is 11.9. The second-order valence-electron chi connectivity index (χ2n) is 4.45. The van der Waals surface area contributed by atoms with Crippen LogP contribution in [-0.2, 0) is 9.53 Å². The van der Waals surface area contributed by atoms with E-state index in [1.54, 1.807) is 29.2 Å². The topological polar surface area (TPSA) is 46.6 Å². The second kappa shape index (κ2) is 6.29. The molecule has 0 unspecified atom stereocenters. The molecule has 100 valence electrons. The summed E-state index contributed by atoms with van der Waals surface area (Å²) in [7, 11) is 0. The molecule has 1 aromatic carbocycles. The normalized spacial score (nSPS) is 15.7. The summed E-state index contributed by atoms with van der Waals surface area (Å²) in [5, 5.41) is 0. The molecule has 0 aromatic heterocycles. The van der Waals surface area contributed by atoms with Gasteiger partial charge in [-0.15, -0.1) is 0 Å². The molecule has 0 bridgehead atoms. The number of carbonyl (C=O) groups is 2. The van der Waals surface area contributed by atoms with Crippen molar-refractivity contribution in [2.75, 3.05) is 26.3 Å². The predicted molar refractivity (Wildman–Crippen MR) is 72.9 cm³/mol. The molecular weight excluding hydrogens is 242 g/mol. The Morgan fingerprint density at radius 3 is 2.37 bits per heavy atom. The van der Waals surface area contributed by atoms with Crippen molar-refractivity contribution in [3.63, 3.8) is 0 Å². The van der Waals surface area contributed by atoms with E-state index in [0.29, 0.717) is 31.9 Å². The number of ketones is 1. The highest BCUT2D eigenvalue weighted by Crippen LogP contribution is 2.07. The molecule has 1 aliphatic heterocycles. The van der Waals surface area contributed by atoms with E-state index in [2.05, 4.69) is 0 Å². The Balaban J connectivity index is 1.97.